The van der Waals surface area contributed by atoms with Crippen molar-refractivity contribution in [2.24, 2.45) is 0 Å². The summed E-state index contributed by atoms with van der Waals surface area (Å²) in [6.07, 6.45) is -0.912. The van der Waals surface area contributed by atoms with Crippen LogP contribution in [0.25, 0.3) is 11.3 Å². The van der Waals surface area contributed by atoms with Crippen molar-refractivity contribution in [3.8, 4) is 11.3 Å². The van der Waals surface area contributed by atoms with Gasteiger partial charge < -0.3 is 19.4 Å². The first-order chi connectivity index (χ1) is 11.5. The molecule has 0 saturated carbocycles. The summed E-state index contributed by atoms with van der Waals surface area (Å²) in [4.78, 5) is 17.0. The maximum atomic E-state index is 13.0. The van der Waals surface area contributed by atoms with Gasteiger partial charge in [0, 0.05) is 36.8 Å². The molecule has 128 valence electrons. The molecular weight excluding hydrogens is 330 g/mol. The summed E-state index contributed by atoms with van der Waals surface area (Å²) >= 11 is 5.93. The third kappa shape index (κ3) is 3.31. The van der Waals surface area contributed by atoms with Crippen molar-refractivity contribution in [2.75, 3.05) is 33.2 Å². The van der Waals surface area contributed by atoms with Crippen LogP contribution < -0.4 is 0 Å². The third-order valence-electron chi connectivity index (χ3n) is 4.22. The van der Waals surface area contributed by atoms with Gasteiger partial charge in [0.1, 0.15) is 17.4 Å². The summed E-state index contributed by atoms with van der Waals surface area (Å²) in [7, 11) is 2.03. The number of halogens is 1. The molecule has 1 N–H and O–H groups in total. The van der Waals surface area contributed by atoms with Gasteiger partial charge in [-0.15, -0.1) is 0 Å². The summed E-state index contributed by atoms with van der Waals surface area (Å²) in [6.45, 7) is 4.47. The van der Waals surface area contributed by atoms with Crippen molar-refractivity contribution in [3.63, 3.8) is 0 Å². The quantitative estimate of drug-likeness (QED) is 0.921. The molecule has 1 aliphatic heterocycles. The number of aliphatic hydroxyl groups excluding tert-OH is 1. The van der Waals surface area contributed by atoms with Crippen LogP contribution in [0.2, 0.25) is 5.02 Å². The normalized spacial score (nSPS) is 17.1. The number of hydrogen-bond donors (Lipinski definition) is 1. The highest BCUT2D eigenvalue weighted by Crippen LogP contribution is 2.31. The molecule has 7 heteroatoms. The maximum Gasteiger partial charge on any atom is 0.259 e. The summed E-state index contributed by atoms with van der Waals surface area (Å²) in [5.41, 5.74) is 1.50. The van der Waals surface area contributed by atoms with Gasteiger partial charge in [0.15, 0.2) is 5.76 Å². The molecule has 24 heavy (non-hydrogen) atoms. The smallest absolute Gasteiger partial charge is 0.259 e. The molecule has 0 aliphatic carbocycles. The van der Waals surface area contributed by atoms with Crippen LogP contribution in [0, 0.1) is 0 Å². The van der Waals surface area contributed by atoms with Crippen LogP contribution in [-0.2, 0) is 0 Å². The molecular formula is C17H20ClN3O3. The summed E-state index contributed by atoms with van der Waals surface area (Å²) < 4.78 is 5.28. The number of carbonyl (C=O) groups is 1. The Balaban J connectivity index is 1.99. The fourth-order valence-electron chi connectivity index (χ4n) is 2.77. The van der Waals surface area contributed by atoms with Crippen LogP contribution in [0.3, 0.4) is 0 Å². The zero-order chi connectivity index (χ0) is 17.3. The summed E-state index contributed by atoms with van der Waals surface area (Å²) in [6, 6.07) is 7.04. The molecule has 1 aromatic heterocycles. The largest absolute Gasteiger partial charge is 0.385 e. The van der Waals surface area contributed by atoms with Crippen LogP contribution in [0.15, 0.2) is 28.8 Å². The van der Waals surface area contributed by atoms with Crippen LogP contribution in [0.4, 0.5) is 0 Å². The first kappa shape index (κ1) is 17.0. The standard InChI is InChI=1S/C17H20ClN3O3/c1-11(22)16-14(17(23)21-9-7-20(2)8-10-21)15(19-24-16)12-3-5-13(18)6-4-12/h3-6,11,22H,7-10H2,1-2H3. The minimum absolute atomic E-state index is 0.162. The second-order valence-electron chi connectivity index (χ2n) is 6.05. The van der Waals surface area contributed by atoms with Gasteiger partial charge in [-0.05, 0) is 26.1 Å². The van der Waals surface area contributed by atoms with Crippen molar-refractivity contribution >= 4 is 17.5 Å². The van der Waals surface area contributed by atoms with Crippen LogP contribution >= 0.6 is 11.6 Å². The minimum Gasteiger partial charge on any atom is -0.385 e. The molecule has 2 heterocycles. The van der Waals surface area contributed by atoms with Gasteiger partial charge in [-0.2, -0.15) is 0 Å². The number of amides is 1. The van der Waals surface area contributed by atoms with E-state index in [4.69, 9.17) is 16.1 Å². The molecule has 0 radical (unpaired) electrons. The maximum absolute atomic E-state index is 13.0. The van der Waals surface area contributed by atoms with Crippen molar-refractivity contribution in [3.05, 3.63) is 40.6 Å². The Labute approximate surface area is 145 Å². The molecule has 1 aliphatic rings. The van der Waals surface area contributed by atoms with E-state index in [1.165, 1.54) is 0 Å². The van der Waals surface area contributed by atoms with E-state index in [0.29, 0.717) is 29.4 Å². The highest BCUT2D eigenvalue weighted by molar-refractivity contribution is 6.30. The number of hydrogen-bond acceptors (Lipinski definition) is 5. The monoisotopic (exact) mass is 349 g/mol. The van der Waals surface area contributed by atoms with E-state index in [9.17, 15) is 9.90 Å². The Hall–Kier alpha value is -1.89. The highest BCUT2D eigenvalue weighted by Gasteiger charge is 2.31. The van der Waals surface area contributed by atoms with E-state index in [1.54, 1.807) is 36.1 Å². The average Bonchev–Trinajstić information content (AvgIpc) is 3.01. The van der Waals surface area contributed by atoms with E-state index in [2.05, 4.69) is 10.1 Å². The molecule has 1 unspecified atom stereocenters. The second-order valence-corrected chi connectivity index (χ2v) is 6.49. The topological polar surface area (TPSA) is 69.8 Å². The first-order valence-corrected chi connectivity index (χ1v) is 8.26. The van der Waals surface area contributed by atoms with Gasteiger partial charge in [-0.25, -0.2) is 0 Å². The number of aromatic nitrogens is 1. The van der Waals surface area contributed by atoms with Gasteiger partial charge in [0.25, 0.3) is 5.91 Å². The van der Waals surface area contributed by atoms with Gasteiger partial charge in [-0.1, -0.05) is 28.9 Å². The van der Waals surface area contributed by atoms with Crippen molar-refractivity contribution in [1.82, 2.24) is 15.0 Å². The third-order valence-corrected chi connectivity index (χ3v) is 4.47. The van der Waals surface area contributed by atoms with Gasteiger partial charge in [-0.3, -0.25) is 4.79 Å². The number of piperazine rings is 1. The second kappa shape index (κ2) is 6.93. The van der Waals surface area contributed by atoms with E-state index < -0.39 is 6.10 Å². The lowest BCUT2D eigenvalue weighted by molar-refractivity contribution is 0.0654. The highest BCUT2D eigenvalue weighted by atomic mass is 35.5. The molecule has 0 spiro atoms. The lowest BCUT2D eigenvalue weighted by Crippen LogP contribution is -2.47. The zero-order valence-electron chi connectivity index (χ0n) is 13.7. The van der Waals surface area contributed by atoms with E-state index in [0.717, 1.165) is 18.7 Å². The van der Waals surface area contributed by atoms with Gasteiger partial charge in [0.05, 0.1) is 0 Å². The number of likely N-dealkylation sites (N-methyl/N-ethyl adjacent to an activating group) is 1. The molecule has 6 nitrogen and oxygen atoms in total. The van der Waals surface area contributed by atoms with Gasteiger partial charge in [0.2, 0.25) is 0 Å². The van der Waals surface area contributed by atoms with Crippen LogP contribution in [0.1, 0.15) is 29.1 Å². The van der Waals surface area contributed by atoms with Crippen molar-refractivity contribution in [2.45, 2.75) is 13.0 Å². The fourth-order valence-corrected chi connectivity index (χ4v) is 2.89. The first-order valence-electron chi connectivity index (χ1n) is 7.88. The summed E-state index contributed by atoms with van der Waals surface area (Å²) in [5, 5.41) is 14.6. The molecule has 1 atom stereocenters. The number of aliphatic hydroxyl groups is 1. The van der Waals surface area contributed by atoms with Gasteiger partial charge >= 0.3 is 0 Å². The number of benzene rings is 1. The zero-order valence-corrected chi connectivity index (χ0v) is 14.5. The van der Waals surface area contributed by atoms with Crippen LogP contribution in [-0.4, -0.2) is 59.2 Å². The predicted octanol–water partition coefficient (Wildman–Crippen LogP) is 2.44. The lowest BCUT2D eigenvalue weighted by Gasteiger charge is -2.32. The molecule has 1 saturated heterocycles. The SMILES string of the molecule is CC(O)c1onc(-c2ccc(Cl)cc2)c1C(=O)N1CCN(C)CC1. The average molecular weight is 350 g/mol. The van der Waals surface area contributed by atoms with Crippen molar-refractivity contribution < 1.29 is 14.4 Å². The Morgan fingerprint density at radius 3 is 2.46 bits per heavy atom. The molecule has 1 amide bonds. The number of nitrogens with zero attached hydrogens (tertiary/aromatic N) is 3. The van der Waals surface area contributed by atoms with Crippen molar-refractivity contribution in [1.29, 1.82) is 0 Å². The summed E-state index contributed by atoms with van der Waals surface area (Å²) in [5.74, 6) is 0.0362. The number of carbonyl (C=O) groups excluding carboxylic acids is 1. The molecule has 1 aromatic carbocycles. The van der Waals surface area contributed by atoms with E-state index in [-0.39, 0.29) is 11.7 Å². The molecule has 0 bridgehead atoms. The molecule has 3 rings (SSSR count). The van der Waals surface area contributed by atoms with Crippen LogP contribution in [0.5, 0.6) is 0 Å². The molecule has 1 fully saturated rings. The number of rotatable bonds is 3. The van der Waals surface area contributed by atoms with E-state index in [1.807, 2.05) is 7.05 Å². The minimum atomic E-state index is -0.912. The Kier molecular flexibility index (Phi) is 4.89. The lowest BCUT2D eigenvalue weighted by atomic mass is 10.0. The Morgan fingerprint density at radius 1 is 1.25 bits per heavy atom. The Morgan fingerprint density at radius 2 is 1.88 bits per heavy atom. The molecule has 2 aromatic rings. The predicted molar refractivity (Wildman–Crippen MR) is 91.0 cm³/mol. The fraction of sp³-hybridized carbons (Fsp3) is 0.412. The Bertz CT molecular complexity index is 719. The van der Waals surface area contributed by atoms with E-state index >= 15 is 0 Å².